The van der Waals surface area contributed by atoms with Crippen LogP contribution in [0.2, 0.25) is 0 Å². The predicted molar refractivity (Wildman–Crippen MR) is 261 cm³/mol. The van der Waals surface area contributed by atoms with Crippen molar-refractivity contribution in [2.75, 3.05) is 33.0 Å². The second-order valence-electron chi connectivity index (χ2n) is 16.5. The summed E-state index contributed by atoms with van der Waals surface area (Å²) in [4.78, 5) is 13.0. The molecule has 0 aromatic rings. The summed E-state index contributed by atoms with van der Waals surface area (Å²) in [6.07, 6.45) is 36.0. The minimum absolute atomic E-state index is 0.0110. The van der Waals surface area contributed by atoms with Gasteiger partial charge in [0.15, 0.2) is 12.6 Å². The molecule has 14 heteroatoms. The Hall–Kier alpha value is -3.35. The number of unbranched alkanes of at least 4 members (excludes halogenated alkanes) is 4. The highest BCUT2D eigenvalue weighted by Crippen LogP contribution is 2.26. The van der Waals surface area contributed by atoms with Gasteiger partial charge in [0.05, 0.1) is 33.0 Å². The van der Waals surface area contributed by atoms with Crippen LogP contribution in [0.1, 0.15) is 117 Å². The lowest BCUT2D eigenvalue weighted by atomic mass is 9.98. The second kappa shape index (κ2) is 39.5. The van der Waals surface area contributed by atoms with E-state index in [1.165, 1.54) is 0 Å². The van der Waals surface area contributed by atoms with Crippen LogP contribution in [0.5, 0.6) is 0 Å². The molecule has 0 aromatic carbocycles. The molecule has 0 saturated carbocycles. The maximum absolute atomic E-state index is 13.0. The largest absolute Gasteiger partial charge is 0.457 e. The van der Waals surface area contributed by atoms with Crippen LogP contribution in [0.3, 0.4) is 0 Å². The molecule has 2 aliphatic rings. The Bertz CT molecular complexity index is 1520. The fourth-order valence-electron chi connectivity index (χ4n) is 6.87. The van der Waals surface area contributed by atoms with Crippen LogP contribution in [0, 0.1) is 0 Å². The van der Waals surface area contributed by atoms with Crippen LogP contribution in [0.15, 0.2) is 109 Å². The van der Waals surface area contributed by atoms with Crippen LogP contribution in [-0.2, 0) is 33.2 Å². The van der Waals surface area contributed by atoms with E-state index in [0.29, 0.717) is 19.4 Å². The molecular weight excluding hydrogens is 861 g/mol. The standard InChI is InChI=1S/C53H84O14/c1-3-5-7-9-11-13-15-17-19-21-22-24-26-28-30-32-34-36-45(55)65-42(39-62-37-35-33-31-29-27-25-23-20-18-16-14-12-10-8-6-4-2)40-63-52-51(61)49(59)47(57)44(67-52)41-64-53-50(60)48(58)46(56)43(38-54)66-53/h5-8,11-14,17-20,22,24-25,27,31,33,42-44,46-54,56-61H,3-4,9-10,15-16,21,23,26,28-30,32,34-41H2,1-2H3/b7-5-,8-6-,13-11-,14-12-,19-17-,20-18-,24-22-,27-25-,33-31-. The van der Waals surface area contributed by atoms with Gasteiger partial charge in [0.2, 0.25) is 0 Å². The molecule has 11 unspecified atom stereocenters. The molecule has 0 bridgehead atoms. The van der Waals surface area contributed by atoms with E-state index >= 15 is 0 Å². The molecule has 7 N–H and O–H groups in total. The molecule has 0 spiro atoms. The van der Waals surface area contributed by atoms with Crippen molar-refractivity contribution < 1.29 is 69.0 Å². The summed E-state index contributed by atoms with van der Waals surface area (Å²) in [7, 11) is 0. The van der Waals surface area contributed by atoms with Gasteiger partial charge in [0.25, 0.3) is 0 Å². The Morgan fingerprint density at radius 2 is 0.925 bits per heavy atom. The number of aliphatic hydroxyl groups is 7. The van der Waals surface area contributed by atoms with Crippen molar-refractivity contribution in [1.29, 1.82) is 0 Å². The van der Waals surface area contributed by atoms with E-state index in [1.54, 1.807) is 0 Å². The first-order valence-corrected chi connectivity index (χ1v) is 24.5. The van der Waals surface area contributed by atoms with Gasteiger partial charge >= 0.3 is 5.97 Å². The van der Waals surface area contributed by atoms with Gasteiger partial charge in [-0.25, -0.2) is 0 Å². The molecule has 2 rings (SSSR count). The summed E-state index contributed by atoms with van der Waals surface area (Å²) in [5.41, 5.74) is 0. The third kappa shape index (κ3) is 27.4. The minimum atomic E-state index is -1.73. The van der Waals surface area contributed by atoms with Crippen LogP contribution in [0.25, 0.3) is 0 Å². The van der Waals surface area contributed by atoms with E-state index in [1.807, 2.05) is 6.08 Å². The molecule has 380 valence electrons. The third-order valence-electron chi connectivity index (χ3n) is 10.8. The Labute approximate surface area is 400 Å². The minimum Gasteiger partial charge on any atom is -0.457 e. The fourth-order valence-corrected chi connectivity index (χ4v) is 6.87. The molecule has 0 radical (unpaired) electrons. The Morgan fingerprint density at radius 3 is 1.43 bits per heavy atom. The van der Waals surface area contributed by atoms with Crippen molar-refractivity contribution >= 4 is 5.97 Å². The average molecular weight is 945 g/mol. The van der Waals surface area contributed by atoms with Crippen molar-refractivity contribution in [2.24, 2.45) is 0 Å². The molecule has 0 aromatic heterocycles. The van der Waals surface area contributed by atoms with Crippen molar-refractivity contribution in [2.45, 2.75) is 184 Å². The molecule has 14 nitrogen and oxygen atoms in total. The highest BCUT2D eigenvalue weighted by atomic mass is 16.7. The van der Waals surface area contributed by atoms with Crippen LogP contribution in [-0.4, -0.2) is 142 Å². The van der Waals surface area contributed by atoms with Crippen molar-refractivity contribution in [3.8, 4) is 0 Å². The zero-order valence-electron chi connectivity index (χ0n) is 40.1. The molecule has 0 amide bonds. The quantitative estimate of drug-likeness (QED) is 0.0195. The normalized spacial score (nSPS) is 27.1. The summed E-state index contributed by atoms with van der Waals surface area (Å²) < 4.78 is 34.1. The molecule has 2 saturated heterocycles. The van der Waals surface area contributed by atoms with Gasteiger partial charge in [-0.15, -0.1) is 0 Å². The van der Waals surface area contributed by atoms with Gasteiger partial charge in [-0.3, -0.25) is 4.79 Å². The average Bonchev–Trinajstić information content (AvgIpc) is 3.32. The van der Waals surface area contributed by atoms with Gasteiger partial charge in [-0.2, -0.15) is 0 Å². The predicted octanol–water partition coefficient (Wildman–Crippen LogP) is 6.84. The van der Waals surface area contributed by atoms with E-state index in [4.69, 9.17) is 28.4 Å². The maximum Gasteiger partial charge on any atom is 0.306 e. The summed E-state index contributed by atoms with van der Waals surface area (Å²) in [5, 5.41) is 72.1. The number of ether oxygens (including phenoxy) is 6. The molecule has 2 heterocycles. The first-order chi connectivity index (χ1) is 32.6. The van der Waals surface area contributed by atoms with Gasteiger partial charge in [-0.05, 0) is 83.5 Å². The van der Waals surface area contributed by atoms with E-state index in [2.05, 4.69) is 117 Å². The first kappa shape index (κ1) is 59.8. The lowest BCUT2D eigenvalue weighted by Crippen LogP contribution is -2.61. The zero-order chi connectivity index (χ0) is 48.7. The van der Waals surface area contributed by atoms with Crippen LogP contribution >= 0.6 is 0 Å². The topological polar surface area (TPSA) is 214 Å². The van der Waals surface area contributed by atoms with Gasteiger partial charge in [0.1, 0.15) is 54.9 Å². The molecular formula is C53H84O14. The van der Waals surface area contributed by atoms with Crippen LogP contribution < -0.4 is 0 Å². The molecule has 67 heavy (non-hydrogen) atoms. The number of hydrogen-bond acceptors (Lipinski definition) is 14. The summed E-state index contributed by atoms with van der Waals surface area (Å²) in [6, 6.07) is 0. The Balaban J connectivity index is 1.84. The van der Waals surface area contributed by atoms with Crippen molar-refractivity contribution in [1.82, 2.24) is 0 Å². The number of allylic oxidation sites excluding steroid dienone is 17. The van der Waals surface area contributed by atoms with Gasteiger partial charge in [-0.1, -0.05) is 136 Å². The highest BCUT2D eigenvalue weighted by molar-refractivity contribution is 5.69. The van der Waals surface area contributed by atoms with E-state index < -0.39 is 86.7 Å². The smallest absolute Gasteiger partial charge is 0.306 e. The molecule has 0 aliphatic carbocycles. The SMILES string of the molecule is CC/C=C\C/C=C\C/C=C\C/C=C\C/C=C\CCOCC(COC1OC(COC2OC(CO)C(O)C(O)C2O)C(O)C(O)C1O)OC(=O)CCCCCC/C=C\C/C=C\C/C=C\C/C=C\CC. The van der Waals surface area contributed by atoms with E-state index in [-0.39, 0.29) is 19.6 Å². The summed E-state index contributed by atoms with van der Waals surface area (Å²) in [5.74, 6) is -0.430. The van der Waals surface area contributed by atoms with Crippen molar-refractivity contribution in [3.05, 3.63) is 109 Å². The molecule has 11 atom stereocenters. The van der Waals surface area contributed by atoms with Gasteiger partial charge < -0.3 is 64.2 Å². The maximum atomic E-state index is 13.0. The number of rotatable bonds is 36. The Kier molecular flexibility index (Phi) is 35.2. The second-order valence-corrected chi connectivity index (χ2v) is 16.5. The fraction of sp³-hybridized carbons (Fsp3) is 0.642. The van der Waals surface area contributed by atoms with E-state index in [0.717, 1.165) is 83.5 Å². The lowest BCUT2D eigenvalue weighted by Gasteiger charge is -2.42. The number of carbonyl (C=O) groups excluding carboxylic acids is 1. The monoisotopic (exact) mass is 945 g/mol. The number of hydrogen-bond donors (Lipinski definition) is 7. The van der Waals surface area contributed by atoms with Crippen molar-refractivity contribution in [3.63, 3.8) is 0 Å². The van der Waals surface area contributed by atoms with Crippen LogP contribution in [0.4, 0.5) is 0 Å². The number of aliphatic hydroxyl groups excluding tert-OH is 7. The number of carbonyl (C=O) groups is 1. The third-order valence-corrected chi connectivity index (χ3v) is 10.8. The molecule has 2 aliphatic heterocycles. The lowest BCUT2D eigenvalue weighted by molar-refractivity contribution is -0.332. The Morgan fingerprint density at radius 1 is 0.493 bits per heavy atom. The number of esters is 1. The molecule has 2 fully saturated rings. The zero-order valence-corrected chi connectivity index (χ0v) is 40.1. The summed E-state index contributed by atoms with van der Waals surface area (Å²) >= 11 is 0. The van der Waals surface area contributed by atoms with E-state index in [9.17, 15) is 40.5 Å². The van der Waals surface area contributed by atoms with Gasteiger partial charge in [0, 0.05) is 6.42 Å². The highest BCUT2D eigenvalue weighted by Gasteiger charge is 2.47. The first-order valence-electron chi connectivity index (χ1n) is 24.5. The summed E-state index contributed by atoms with van der Waals surface area (Å²) in [6.45, 7) is 3.15.